The minimum Gasteiger partial charge on any atom is -0.379 e. The summed E-state index contributed by atoms with van der Waals surface area (Å²) in [5.74, 6) is -2.50. The van der Waals surface area contributed by atoms with Crippen LogP contribution >= 0.6 is 0 Å². The van der Waals surface area contributed by atoms with Crippen LogP contribution in [0, 0.1) is 23.2 Å². The maximum absolute atomic E-state index is 13.5. The van der Waals surface area contributed by atoms with E-state index in [4.69, 9.17) is 14.7 Å². The van der Waals surface area contributed by atoms with Crippen molar-refractivity contribution >= 4 is 17.5 Å². The zero-order valence-corrected chi connectivity index (χ0v) is 18.2. The van der Waals surface area contributed by atoms with E-state index in [1.165, 1.54) is 12.1 Å². The number of hydrogen-bond donors (Lipinski definition) is 0. The minimum absolute atomic E-state index is 0.156. The largest absolute Gasteiger partial charge is 0.417 e. The van der Waals surface area contributed by atoms with Crippen molar-refractivity contribution in [3.63, 3.8) is 0 Å². The van der Waals surface area contributed by atoms with Crippen LogP contribution in [0.5, 0.6) is 0 Å². The lowest BCUT2D eigenvalue weighted by Crippen LogP contribution is -2.46. The Morgan fingerprint density at radius 1 is 1.15 bits per heavy atom. The van der Waals surface area contributed by atoms with Crippen molar-refractivity contribution < 1.29 is 32.2 Å². The Labute approximate surface area is 189 Å². The van der Waals surface area contributed by atoms with Crippen LogP contribution in [0.2, 0.25) is 0 Å². The van der Waals surface area contributed by atoms with Crippen LogP contribution in [0.1, 0.15) is 37.3 Å². The van der Waals surface area contributed by atoms with Crippen LogP contribution in [0.15, 0.2) is 18.2 Å². The van der Waals surface area contributed by atoms with Crippen molar-refractivity contribution in [2.45, 2.75) is 43.6 Å². The zero-order valence-electron chi connectivity index (χ0n) is 18.2. The maximum Gasteiger partial charge on any atom is 0.417 e. The number of nitriles is 1. The number of benzene rings is 1. The molecule has 0 N–H and O–H groups in total. The fourth-order valence-corrected chi connectivity index (χ4v) is 6.04. The monoisotopic (exact) mass is 463 g/mol. The Morgan fingerprint density at radius 3 is 2.52 bits per heavy atom. The van der Waals surface area contributed by atoms with Crippen LogP contribution in [0.25, 0.3) is 0 Å². The van der Waals surface area contributed by atoms with E-state index >= 15 is 0 Å². The molecule has 0 spiro atoms. The number of rotatable bonds is 4. The lowest BCUT2D eigenvalue weighted by molar-refractivity contribution is -0.138. The van der Waals surface area contributed by atoms with Crippen LogP contribution in [-0.4, -0.2) is 60.8 Å². The van der Waals surface area contributed by atoms with E-state index in [2.05, 4.69) is 4.90 Å². The number of morpholine rings is 1. The molecule has 4 saturated heterocycles. The van der Waals surface area contributed by atoms with Gasteiger partial charge in [-0.25, -0.2) is 4.90 Å². The highest BCUT2D eigenvalue weighted by molar-refractivity contribution is 6.23. The number of imide groups is 1. The molecule has 33 heavy (non-hydrogen) atoms. The van der Waals surface area contributed by atoms with Crippen molar-refractivity contribution in [3.8, 4) is 6.07 Å². The molecule has 4 atom stereocenters. The Kier molecular flexibility index (Phi) is 5.08. The molecule has 0 aliphatic carbocycles. The van der Waals surface area contributed by atoms with Gasteiger partial charge < -0.3 is 9.47 Å². The van der Waals surface area contributed by atoms with E-state index in [0.717, 1.165) is 30.1 Å². The topological polar surface area (TPSA) is 82.9 Å². The average molecular weight is 463 g/mol. The number of carbonyl (C=O) groups excluding carboxylic acids is 2. The van der Waals surface area contributed by atoms with E-state index < -0.39 is 52.2 Å². The van der Waals surface area contributed by atoms with Crippen LogP contribution < -0.4 is 4.90 Å². The summed E-state index contributed by atoms with van der Waals surface area (Å²) in [6.07, 6.45) is -2.97. The highest BCUT2D eigenvalue weighted by Gasteiger charge is 2.73. The molecular formula is C23H24F3N3O4. The van der Waals surface area contributed by atoms with Gasteiger partial charge in [0, 0.05) is 19.6 Å². The molecule has 0 radical (unpaired) electrons. The number of halogens is 3. The summed E-state index contributed by atoms with van der Waals surface area (Å²) >= 11 is 0. The van der Waals surface area contributed by atoms with Crippen LogP contribution in [-0.2, 0) is 25.2 Å². The van der Waals surface area contributed by atoms with Gasteiger partial charge in [-0.05, 0) is 44.4 Å². The summed E-state index contributed by atoms with van der Waals surface area (Å²) in [7, 11) is 0. The number of ether oxygens (including phenoxy) is 2. The number of carbonyl (C=O) groups is 2. The Hall–Kier alpha value is -2.48. The molecule has 176 valence electrons. The quantitative estimate of drug-likeness (QED) is 0.639. The third-order valence-electron chi connectivity index (χ3n) is 7.65. The molecule has 2 bridgehead atoms. The summed E-state index contributed by atoms with van der Waals surface area (Å²) < 4.78 is 52.2. The zero-order chi connectivity index (χ0) is 23.6. The standard InChI is InChI=1S/C23H24F3N3O4/c1-21-4-5-22(33-21,6-7-28-8-10-32-11-9-28)18-17(21)19(30)29(20(18)31)15-3-2-14(13-27)16(12-15)23(24,25)26/h2-3,12,17-18H,4-11H2,1H3. The molecule has 0 aromatic heterocycles. The molecular weight excluding hydrogens is 439 g/mol. The number of fused-ring (bicyclic) bond motifs is 5. The first-order chi connectivity index (χ1) is 15.6. The van der Waals surface area contributed by atoms with Crippen molar-refractivity contribution in [2.24, 2.45) is 11.8 Å². The van der Waals surface area contributed by atoms with Crippen LogP contribution in [0.3, 0.4) is 0 Å². The van der Waals surface area contributed by atoms with Crippen molar-refractivity contribution in [2.75, 3.05) is 37.7 Å². The Bertz CT molecular complexity index is 1050. The third kappa shape index (κ3) is 3.36. The van der Waals surface area contributed by atoms with E-state index in [1.807, 2.05) is 6.92 Å². The van der Waals surface area contributed by atoms with Gasteiger partial charge in [0.1, 0.15) is 0 Å². The smallest absolute Gasteiger partial charge is 0.379 e. The van der Waals surface area contributed by atoms with Gasteiger partial charge in [0.05, 0.1) is 59.1 Å². The number of amides is 2. The first-order valence-electron chi connectivity index (χ1n) is 11.1. The highest BCUT2D eigenvalue weighted by atomic mass is 19.4. The summed E-state index contributed by atoms with van der Waals surface area (Å²) in [5, 5.41) is 9.06. The molecule has 4 fully saturated rings. The van der Waals surface area contributed by atoms with E-state index in [1.54, 1.807) is 0 Å². The maximum atomic E-state index is 13.5. The minimum atomic E-state index is -4.78. The molecule has 7 nitrogen and oxygen atoms in total. The van der Waals surface area contributed by atoms with Gasteiger partial charge >= 0.3 is 6.18 Å². The summed E-state index contributed by atoms with van der Waals surface area (Å²) in [5.41, 5.74) is -3.50. The van der Waals surface area contributed by atoms with E-state index in [0.29, 0.717) is 39.0 Å². The van der Waals surface area contributed by atoms with Gasteiger partial charge in [-0.1, -0.05) is 0 Å². The highest BCUT2D eigenvalue weighted by Crippen LogP contribution is 2.62. The molecule has 4 heterocycles. The predicted octanol–water partition coefficient (Wildman–Crippen LogP) is 2.73. The Balaban J connectivity index is 1.47. The summed E-state index contributed by atoms with van der Waals surface area (Å²) in [4.78, 5) is 30.1. The fraction of sp³-hybridized carbons (Fsp3) is 0.609. The van der Waals surface area contributed by atoms with Gasteiger partial charge in [0.2, 0.25) is 11.8 Å². The lowest BCUT2D eigenvalue weighted by atomic mass is 9.67. The molecule has 1 aromatic rings. The van der Waals surface area contributed by atoms with E-state index in [9.17, 15) is 22.8 Å². The van der Waals surface area contributed by atoms with Crippen molar-refractivity contribution in [1.82, 2.24) is 4.90 Å². The molecule has 10 heteroatoms. The normalized spacial score (nSPS) is 34.1. The van der Waals surface area contributed by atoms with Crippen molar-refractivity contribution in [3.05, 3.63) is 29.3 Å². The van der Waals surface area contributed by atoms with Crippen molar-refractivity contribution in [1.29, 1.82) is 5.26 Å². The van der Waals surface area contributed by atoms with Gasteiger partial charge in [-0.3, -0.25) is 14.5 Å². The molecule has 0 saturated carbocycles. The summed E-state index contributed by atoms with van der Waals surface area (Å²) in [6, 6.07) is 4.49. The fourth-order valence-electron chi connectivity index (χ4n) is 6.04. The predicted molar refractivity (Wildman–Crippen MR) is 109 cm³/mol. The average Bonchev–Trinajstić information content (AvgIpc) is 3.37. The second kappa shape index (κ2) is 7.52. The first-order valence-corrected chi connectivity index (χ1v) is 11.1. The molecule has 2 amide bonds. The summed E-state index contributed by atoms with van der Waals surface area (Å²) in [6.45, 7) is 5.37. The Morgan fingerprint density at radius 2 is 1.85 bits per heavy atom. The number of anilines is 1. The number of nitrogens with zero attached hydrogens (tertiary/aromatic N) is 3. The number of hydrogen-bond acceptors (Lipinski definition) is 6. The molecule has 4 aliphatic rings. The van der Waals surface area contributed by atoms with Gasteiger partial charge in [-0.2, -0.15) is 18.4 Å². The second-order valence-corrected chi connectivity index (χ2v) is 9.49. The first kappa shape index (κ1) is 22.3. The molecule has 4 unspecified atom stereocenters. The lowest BCUT2D eigenvalue weighted by Gasteiger charge is -2.34. The van der Waals surface area contributed by atoms with Gasteiger partial charge in [0.15, 0.2) is 0 Å². The van der Waals surface area contributed by atoms with Gasteiger partial charge in [-0.15, -0.1) is 0 Å². The molecule has 5 rings (SSSR count). The third-order valence-corrected chi connectivity index (χ3v) is 7.65. The number of alkyl halides is 3. The second-order valence-electron chi connectivity index (χ2n) is 9.49. The SMILES string of the molecule is CC12CCC(CCN3CCOCC3)(O1)C1C(=O)N(c3ccc(C#N)c(C(F)(F)F)c3)C(=O)C12. The van der Waals surface area contributed by atoms with Gasteiger partial charge in [0.25, 0.3) is 0 Å². The molecule has 1 aromatic carbocycles. The van der Waals surface area contributed by atoms with E-state index in [-0.39, 0.29) is 5.69 Å². The molecule has 4 aliphatic heterocycles. The van der Waals surface area contributed by atoms with Crippen LogP contribution in [0.4, 0.5) is 18.9 Å².